The Hall–Kier alpha value is -0.410. The van der Waals surface area contributed by atoms with Crippen LogP contribution in [0.25, 0.3) is 0 Å². The van der Waals surface area contributed by atoms with Crippen LogP contribution in [0.1, 0.15) is 72.1 Å². The molecule has 3 heteroatoms. The van der Waals surface area contributed by atoms with E-state index in [1.807, 2.05) is 0 Å². The van der Waals surface area contributed by atoms with E-state index in [1.54, 1.807) is 0 Å². The maximum absolute atomic E-state index is 12.6. The Morgan fingerprint density at radius 3 is 2.50 bits per heavy atom. The van der Waals surface area contributed by atoms with Crippen molar-refractivity contribution in [3.63, 3.8) is 0 Å². The van der Waals surface area contributed by atoms with Crippen LogP contribution >= 0.6 is 0 Å². The quantitative estimate of drug-likeness (QED) is 0.771. The lowest BCUT2D eigenvalue weighted by Gasteiger charge is -2.61. The SMILES string of the molecule is CC[C@H]1C(=O)CC2C3CCC4C[C@@H](O)[C@@H](O)C[C@]4(C)C3CC[C@@]21C. The Kier molecular flexibility index (Phi) is 3.93. The van der Waals surface area contributed by atoms with Gasteiger partial charge in [0.2, 0.25) is 0 Å². The van der Waals surface area contributed by atoms with Crippen LogP contribution in [0.3, 0.4) is 0 Å². The summed E-state index contributed by atoms with van der Waals surface area (Å²) in [4.78, 5) is 12.6. The molecule has 0 aromatic heterocycles. The van der Waals surface area contributed by atoms with Gasteiger partial charge in [-0.1, -0.05) is 20.8 Å². The first-order valence-electron chi connectivity index (χ1n) is 10.2. The van der Waals surface area contributed by atoms with Crippen molar-refractivity contribution in [1.29, 1.82) is 0 Å². The summed E-state index contributed by atoms with van der Waals surface area (Å²) in [6.07, 6.45) is 6.96. The number of ketones is 1. The highest BCUT2D eigenvalue weighted by atomic mass is 16.3. The predicted octanol–water partition coefficient (Wildman–Crippen LogP) is 3.57. The third-order valence-corrected chi connectivity index (χ3v) is 9.14. The largest absolute Gasteiger partial charge is 0.390 e. The van der Waals surface area contributed by atoms with Crippen molar-refractivity contribution < 1.29 is 15.0 Å². The number of hydrogen-bond donors (Lipinski definition) is 2. The summed E-state index contributed by atoms with van der Waals surface area (Å²) < 4.78 is 0. The van der Waals surface area contributed by atoms with E-state index < -0.39 is 12.2 Å². The Labute approximate surface area is 146 Å². The van der Waals surface area contributed by atoms with Gasteiger partial charge in [-0.05, 0) is 79.4 Å². The van der Waals surface area contributed by atoms with E-state index in [-0.39, 0.29) is 16.7 Å². The van der Waals surface area contributed by atoms with E-state index in [0.29, 0.717) is 29.5 Å². The van der Waals surface area contributed by atoms with Gasteiger partial charge in [-0.15, -0.1) is 0 Å². The smallest absolute Gasteiger partial charge is 0.136 e. The van der Waals surface area contributed by atoms with Crippen molar-refractivity contribution in [2.24, 2.45) is 40.4 Å². The van der Waals surface area contributed by atoms with E-state index in [2.05, 4.69) is 20.8 Å². The maximum atomic E-state index is 12.6. The third kappa shape index (κ3) is 2.13. The van der Waals surface area contributed by atoms with E-state index in [4.69, 9.17) is 0 Å². The second-order valence-corrected chi connectivity index (χ2v) is 9.91. The predicted molar refractivity (Wildman–Crippen MR) is 93.3 cm³/mol. The molecule has 136 valence electrons. The van der Waals surface area contributed by atoms with Crippen LogP contribution in [0.5, 0.6) is 0 Å². The first kappa shape index (κ1) is 17.0. The Morgan fingerprint density at radius 1 is 1.04 bits per heavy atom. The van der Waals surface area contributed by atoms with Gasteiger partial charge in [0, 0.05) is 12.3 Å². The Bertz CT molecular complexity index is 531. The summed E-state index contributed by atoms with van der Waals surface area (Å²) in [6.45, 7) is 6.94. The van der Waals surface area contributed by atoms with Crippen LogP contribution in [0.15, 0.2) is 0 Å². The number of aliphatic hydroxyl groups is 2. The summed E-state index contributed by atoms with van der Waals surface area (Å²) in [7, 11) is 0. The molecule has 9 atom stereocenters. The van der Waals surface area contributed by atoms with Crippen molar-refractivity contribution >= 4 is 5.78 Å². The summed E-state index contributed by atoms with van der Waals surface area (Å²) in [6, 6.07) is 0. The van der Waals surface area contributed by atoms with E-state index in [0.717, 1.165) is 25.7 Å². The van der Waals surface area contributed by atoms with E-state index in [1.165, 1.54) is 25.7 Å². The monoisotopic (exact) mass is 334 g/mol. The summed E-state index contributed by atoms with van der Waals surface area (Å²) in [5.41, 5.74) is 0.360. The molecule has 4 rings (SSSR count). The molecule has 0 aromatic rings. The molecule has 0 radical (unpaired) electrons. The second-order valence-electron chi connectivity index (χ2n) is 9.91. The molecular formula is C21H34O3. The second kappa shape index (κ2) is 5.54. The highest BCUT2D eigenvalue weighted by Crippen LogP contribution is 2.67. The van der Waals surface area contributed by atoms with Crippen molar-refractivity contribution in [3.05, 3.63) is 0 Å². The molecule has 0 heterocycles. The topological polar surface area (TPSA) is 57.5 Å². The van der Waals surface area contributed by atoms with Crippen molar-refractivity contribution in [2.75, 3.05) is 0 Å². The van der Waals surface area contributed by atoms with Gasteiger partial charge in [-0.3, -0.25) is 4.79 Å². The number of rotatable bonds is 1. The number of hydrogen-bond acceptors (Lipinski definition) is 3. The number of carbonyl (C=O) groups excluding carboxylic acids is 1. The Morgan fingerprint density at radius 2 is 1.79 bits per heavy atom. The van der Waals surface area contributed by atoms with E-state index in [9.17, 15) is 15.0 Å². The van der Waals surface area contributed by atoms with Crippen molar-refractivity contribution in [1.82, 2.24) is 0 Å². The molecule has 0 bridgehead atoms. The number of fused-ring (bicyclic) bond motifs is 5. The molecule has 4 aliphatic carbocycles. The molecule has 4 fully saturated rings. The lowest BCUT2D eigenvalue weighted by molar-refractivity contribution is -0.159. The van der Waals surface area contributed by atoms with Crippen LogP contribution in [-0.4, -0.2) is 28.2 Å². The van der Waals surface area contributed by atoms with Crippen molar-refractivity contribution in [3.8, 4) is 0 Å². The molecule has 0 aromatic carbocycles. The summed E-state index contributed by atoms with van der Waals surface area (Å²) >= 11 is 0. The molecule has 4 aliphatic rings. The van der Waals surface area contributed by atoms with Gasteiger partial charge in [-0.25, -0.2) is 0 Å². The van der Waals surface area contributed by atoms with Gasteiger partial charge < -0.3 is 10.2 Å². The molecule has 0 aliphatic heterocycles. The van der Waals surface area contributed by atoms with Gasteiger partial charge >= 0.3 is 0 Å². The fraction of sp³-hybridized carbons (Fsp3) is 0.952. The molecule has 3 nitrogen and oxygen atoms in total. The molecule has 0 saturated heterocycles. The van der Waals surface area contributed by atoms with Gasteiger partial charge in [0.05, 0.1) is 12.2 Å². The number of aliphatic hydroxyl groups excluding tert-OH is 2. The molecule has 4 unspecified atom stereocenters. The maximum Gasteiger partial charge on any atom is 0.136 e. The average Bonchev–Trinajstić information content (AvgIpc) is 2.78. The molecule has 4 saturated carbocycles. The number of Topliss-reactive ketones (excluding diaryl/α,β-unsaturated/α-hetero) is 1. The Balaban J connectivity index is 1.64. The minimum absolute atomic E-state index is 0.149. The minimum atomic E-state index is -0.563. The molecule has 0 spiro atoms. The fourth-order valence-electron chi connectivity index (χ4n) is 7.86. The lowest BCUT2D eigenvalue weighted by Crippen LogP contribution is -2.56. The standard InChI is InChI=1S/C21H34O3/c1-4-14-17(22)10-16-13-6-5-12-9-18(23)19(24)11-21(12,3)15(13)7-8-20(14,16)2/h12-16,18-19,23-24H,4-11H2,1-3H3/t12?,13?,14-,15?,16?,18+,19-,20+,21-/m0/s1. The summed E-state index contributed by atoms with van der Waals surface area (Å²) in [5.74, 6) is 3.15. The van der Waals surface area contributed by atoms with Crippen LogP contribution in [0, 0.1) is 40.4 Å². The third-order valence-electron chi connectivity index (χ3n) is 9.14. The molecule has 0 amide bonds. The fourth-order valence-corrected chi connectivity index (χ4v) is 7.86. The molecule has 2 N–H and O–H groups in total. The minimum Gasteiger partial charge on any atom is -0.390 e. The first-order valence-corrected chi connectivity index (χ1v) is 10.2. The lowest BCUT2D eigenvalue weighted by atomic mass is 9.44. The highest BCUT2D eigenvalue weighted by Gasteiger charge is 2.62. The number of carbonyl (C=O) groups is 1. The molecular weight excluding hydrogens is 300 g/mol. The van der Waals surface area contributed by atoms with Crippen LogP contribution in [0.4, 0.5) is 0 Å². The zero-order chi connectivity index (χ0) is 17.3. The van der Waals surface area contributed by atoms with Crippen LogP contribution < -0.4 is 0 Å². The van der Waals surface area contributed by atoms with Gasteiger partial charge in [0.15, 0.2) is 0 Å². The van der Waals surface area contributed by atoms with Crippen molar-refractivity contribution in [2.45, 2.75) is 84.3 Å². The highest BCUT2D eigenvalue weighted by molar-refractivity contribution is 5.84. The average molecular weight is 335 g/mol. The zero-order valence-corrected chi connectivity index (χ0v) is 15.5. The van der Waals surface area contributed by atoms with Crippen LogP contribution in [-0.2, 0) is 4.79 Å². The summed E-state index contributed by atoms with van der Waals surface area (Å²) in [5, 5.41) is 20.5. The van der Waals surface area contributed by atoms with Gasteiger partial charge in [0.25, 0.3) is 0 Å². The van der Waals surface area contributed by atoms with Gasteiger partial charge in [0.1, 0.15) is 5.78 Å². The van der Waals surface area contributed by atoms with Gasteiger partial charge in [-0.2, -0.15) is 0 Å². The van der Waals surface area contributed by atoms with E-state index >= 15 is 0 Å². The zero-order valence-electron chi connectivity index (χ0n) is 15.5. The first-order chi connectivity index (χ1) is 11.3. The molecule has 24 heavy (non-hydrogen) atoms. The van der Waals surface area contributed by atoms with Crippen LogP contribution in [0.2, 0.25) is 0 Å². The normalized spacial score (nSPS) is 57.2.